The summed E-state index contributed by atoms with van der Waals surface area (Å²) in [5.41, 5.74) is 2.93. The zero-order valence-electron chi connectivity index (χ0n) is 17.9. The molecule has 0 atom stereocenters. The van der Waals surface area contributed by atoms with Crippen LogP contribution in [-0.4, -0.2) is 51.8 Å². The predicted molar refractivity (Wildman–Crippen MR) is 125 cm³/mol. The van der Waals surface area contributed by atoms with Crippen molar-refractivity contribution in [1.29, 1.82) is 0 Å². The van der Waals surface area contributed by atoms with Crippen LogP contribution in [0, 0.1) is 0 Å². The minimum Gasteiger partial charge on any atom is -0.421 e. The first-order valence-corrected chi connectivity index (χ1v) is 11.2. The second-order valence-electron chi connectivity index (χ2n) is 7.92. The zero-order valence-corrected chi connectivity index (χ0v) is 18.6. The SMILES string of the molecule is CCc1nnc(-c2ccc3ccn(CC(=O)N4CCN(c5cccc(Cl)c5)CC4)c3c2)o1. The minimum atomic E-state index is 0.115. The Morgan fingerprint density at radius 3 is 2.66 bits per heavy atom. The lowest BCUT2D eigenvalue weighted by Gasteiger charge is -2.36. The molecule has 0 bridgehead atoms. The van der Waals surface area contributed by atoms with Gasteiger partial charge in [0.15, 0.2) is 0 Å². The van der Waals surface area contributed by atoms with Gasteiger partial charge in [0.25, 0.3) is 0 Å². The lowest BCUT2D eigenvalue weighted by Crippen LogP contribution is -2.49. The van der Waals surface area contributed by atoms with Crippen molar-refractivity contribution in [2.45, 2.75) is 19.9 Å². The van der Waals surface area contributed by atoms with Gasteiger partial charge in [-0.05, 0) is 41.8 Å². The number of carbonyl (C=O) groups is 1. The number of benzene rings is 2. The number of anilines is 1. The van der Waals surface area contributed by atoms with E-state index < -0.39 is 0 Å². The van der Waals surface area contributed by atoms with Crippen LogP contribution in [0.2, 0.25) is 5.02 Å². The maximum Gasteiger partial charge on any atom is 0.247 e. The Labute approximate surface area is 191 Å². The number of piperazine rings is 1. The average molecular weight is 450 g/mol. The van der Waals surface area contributed by atoms with Gasteiger partial charge in [-0.15, -0.1) is 10.2 Å². The standard InChI is InChI=1S/C24H24ClN5O2/c1-2-22-26-27-24(32-22)18-7-6-17-8-9-30(21(17)14-18)16-23(31)29-12-10-28(11-13-29)20-5-3-4-19(25)15-20/h3-9,14-15H,2,10-13,16H2,1H3. The fraction of sp³-hybridized carbons (Fsp3) is 0.292. The largest absolute Gasteiger partial charge is 0.421 e. The third-order valence-electron chi connectivity index (χ3n) is 5.90. The van der Waals surface area contributed by atoms with Gasteiger partial charge in [0.05, 0.1) is 0 Å². The number of rotatable bonds is 5. The Hall–Kier alpha value is -3.32. The average Bonchev–Trinajstić information content (AvgIpc) is 3.46. The molecular weight excluding hydrogens is 426 g/mol. The fourth-order valence-corrected chi connectivity index (χ4v) is 4.29. The summed E-state index contributed by atoms with van der Waals surface area (Å²) in [6.45, 7) is 5.24. The van der Waals surface area contributed by atoms with Crippen molar-refractivity contribution in [3.63, 3.8) is 0 Å². The van der Waals surface area contributed by atoms with Crippen molar-refractivity contribution >= 4 is 34.1 Å². The van der Waals surface area contributed by atoms with Crippen LogP contribution in [0.15, 0.2) is 59.1 Å². The molecule has 32 heavy (non-hydrogen) atoms. The lowest BCUT2D eigenvalue weighted by atomic mass is 10.1. The zero-order chi connectivity index (χ0) is 22.1. The highest BCUT2D eigenvalue weighted by molar-refractivity contribution is 6.30. The molecule has 3 heterocycles. The highest BCUT2D eigenvalue weighted by atomic mass is 35.5. The molecule has 4 aromatic rings. The Kier molecular flexibility index (Phi) is 5.57. The van der Waals surface area contributed by atoms with Gasteiger partial charge in [0.2, 0.25) is 17.7 Å². The highest BCUT2D eigenvalue weighted by Gasteiger charge is 2.22. The van der Waals surface area contributed by atoms with Crippen molar-refractivity contribution in [2.75, 3.05) is 31.1 Å². The highest BCUT2D eigenvalue weighted by Crippen LogP contribution is 2.25. The quantitative estimate of drug-likeness (QED) is 0.455. The van der Waals surface area contributed by atoms with E-state index in [9.17, 15) is 4.79 Å². The predicted octanol–water partition coefficient (Wildman–Crippen LogP) is 4.26. The first-order valence-electron chi connectivity index (χ1n) is 10.8. The molecule has 0 N–H and O–H groups in total. The van der Waals surface area contributed by atoms with E-state index in [1.165, 1.54) is 0 Å². The Balaban J connectivity index is 1.28. The monoisotopic (exact) mass is 449 g/mol. The molecule has 1 saturated heterocycles. The number of hydrogen-bond donors (Lipinski definition) is 0. The molecule has 1 fully saturated rings. The van der Waals surface area contributed by atoms with Gasteiger partial charge in [0, 0.05) is 60.6 Å². The van der Waals surface area contributed by atoms with E-state index in [0.717, 1.165) is 40.3 Å². The molecule has 0 unspecified atom stereocenters. The summed E-state index contributed by atoms with van der Waals surface area (Å²) in [6, 6.07) is 15.9. The van der Waals surface area contributed by atoms with Crippen molar-refractivity contribution in [2.24, 2.45) is 0 Å². The number of aryl methyl sites for hydroxylation is 1. The van der Waals surface area contributed by atoms with E-state index in [0.29, 0.717) is 37.8 Å². The number of carbonyl (C=O) groups excluding carboxylic acids is 1. The normalized spacial score (nSPS) is 14.3. The summed E-state index contributed by atoms with van der Waals surface area (Å²) in [5.74, 6) is 1.23. The molecule has 1 amide bonds. The summed E-state index contributed by atoms with van der Waals surface area (Å²) < 4.78 is 7.68. The molecule has 2 aromatic carbocycles. The minimum absolute atomic E-state index is 0.115. The van der Waals surface area contributed by atoms with E-state index in [-0.39, 0.29) is 5.91 Å². The molecule has 1 aliphatic rings. The molecule has 164 valence electrons. The molecule has 5 rings (SSSR count). The molecule has 0 aliphatic carbocycles. The lowest BCUT2D eigenvalue weighted by molar-refractivity contribution is -0.132. The number of halogens is 1. The van der Waals surface area contributed by atoms with Crippen molar-refractivity contribution < 1.29 is 9.21 Å². The van der Waals surface area contributed by atoms with Crippen molar-refractivity contribution in [3.05, 3.63) is 65.6 Å². The maximum absolute atomic E-state index is 13.0. The second kappa shape index (κ2) is 8.67. The van der Waals surface area contributed by atoms with Crippen LogP contribution >= 0.6 is 11.6 Å². The number of hydrogen-bond acceptors (Lipinski definition) is 5. The van der Waals surface area contributed by atoms with Gasteiger partial charge >= 0.3 is 0 Å². The molecule has 0 spiro atoms. The van der Waals surface area contributed by atoms with E-state index in [2.05, 4.69) is 21.2 Å². The summed E-state index contributed by atoms with van der Waals surface area (Å²) in [5, 5.41) is 9.98. The molecule has 0 radical (unpaired) electrons. The van der Waals surface area contributed by atoms with Gasteiger partial charge in [-0.25, -0.2) is 0 Å². The molecule has 2 aromatic heterocycles. The van der Waals surface area contributed by atoms with E-state index in [1.54, 1.807) is 0 Å². The van der Waals surface area contributed by atoms with Gasteiger partial charge < -0.3 is 18.8 Å². The number of nitrogens with zero attached hydrogens (tertiary/aromatic N) is 5. The van der Waals surface area contributed by atoms with Crippen LogP contribution in [0.5, 0.6) is 0 Å². The molecule has 0 saturated carbocycles. The summed E-state index contributed by atoms with van der Waals surface area (Å²) in [4.78, 5) is 17.2. The first-order chi connectivity index (χ1) is 15.6. The second-order valence-corrected chi connectivity index (χ2v) is 8.36. The van der Waals surface area contributed by atoms with Crippen LogP contribution in [0.25, 0.3) is 22.4 Å². The van der Waals surface area contributed by atoms with Gasteiger partial charge in [0.1, 0.15) is 6.54 Å². The molecule has 7 nitrogen and oxygen atoms in total. The van der Waals surface area contributed by atoms with Crippen molar-refractivity contribution in [1.82, 2.24) is 19.7 Å². The smallest absolute Gasteiger partial charge is 0.247 e. The van der Waals surface area contributed by atoms with Crippen molar-refractivity contribution in [3.8, 4) is 11.5 Å². The first kappa shape index (κ1) is 20.6. The third kappa shape index (κ3) is 4.08. The Bertz CT molecular complexity index is 1260. The van der Waals surface area contributed by atoms with Gasteiger partial charge in [-0.2, -0.15) is 0 Å². The topological polar surface area (TPSA) is 67.4 Å². The summed E-state index contributed by atoms with van der Waals surface area (Å²) in [6.07, 6.45) is 2.66. The molecule has 8 heteroatoms. The number of amides is 1. The van der Waals surface area contributed by atoms with Crippen LogP contribution in [0.3, 0.4) is 0 Å². The van der Waals surface area contributed by atoms with Gasteiger partial charge in [-0.3, -0.25) is 4.79 Å². The summed E-state index contributed by atoms with van der Waals surface area (Å²) in [7, 11) is 0. The third-order valence-corrected chi connectivity index (χ3v) is 6.14. The van der Waals surface area contributed by atoms with E-state index >= 15 is 0 Å². The van der Waals surface area contributed by atoms with Crippen LogP contribution in [0.4, 0.5) is 5.69 Å². The van der Waals surface area contributed by atoms with Crippen LogP contribution in [-0.2, 0) is 17.8 Å². The summed E-state index contributed by atoms with van der Waals surface area (Å²) >= 11 is 6.12. The Morgan fingerprint density at radius 1 is 1.06 bits per heavy atom. The van der Waals surface area contributed by atoms with Crippen LogP contribution < -0.4 is 4.90 Å². The molecular formula is C24H24ClN5O2. The maximum atomic E-state index is 13.0. The number of fused-ring (bicyclic) bond motifs is 1. The van der Waals surface area contributed by atoms with Crippen LogP contribution in [0.1, 0.15) is 12.8 Å². The fourth-order valence-electron chi connectivity index (χ4n) is 4.10. The molecule has 1 aliphatic heterocycles. The number of aromatic nitrogens is 3. The van der Waals surface area contributed by atoms with Gasteiger partial charge in [-0.1, -0.05) is 30.7 Å². The van der Waals surface area contributed by atoms with E-state index in [1.807, 2.05) is 65.1 Å². The Morgan fingerprint density at radius 2 is 1.91 bits per heavy atom. The van der Waals surface area contributed by atoms with E-state index in [4.69, 9.17) is 16.0 Å².